The lowest BCUT2D eigenvalue weighted by Crippen LogP contribution is -2.41. The summed E-state index contributed by atoms with van der Waals surface area (Å²) >= 11 is 0. The number of hydrogen-bond donors (Lipinski definition) is 2. The van der Waals surface area contributed by atoms with Gasteiger partial charge in [0.2, 0.25) is 0 Å². The van der Waals surface area contributed by atoms with Crippen LogP contribution in [0.25, 0.3) is 16.9 Å². The molecule has 1 saturated heterocycles. The molecule has 1 aliphatic heterocycles. The molecular formula is C28H27N5O. The second-order valence-corrected chi connectivity index (χ2v) is 8.42. The molecule has 34 heavy (non-hydrogen) atoms. The molecule has 6 heteroatoms. The van der Waals surface area contributed by atoms with E-state index in [1.165, 1.54) is 0 Å². The van der Waals surface area contributed by atoms with Gasteiger partial charge in [-0.05, 0) is 42.8 Å². The van der Waals surface area contributed by atoms with Crippen LogP contribution >= 0.6 is 0 Å². The Morgan fingerprint density at radius 2 is 1.76 bits per heavy atom. The zero-order valence-corrected chi connectivity index (χ0v) is 18.9. The minimum Gasteiger partial charge on any atom is -0.389 e. The van der Waals surface area contributed by atoms with Crippen molar-refractivity contribution < 1.29 is 4.79 Å². The zero-order chi connectivity index (χ0) is 23.3. The molecule has 6 nitrogen and oxygen atoms in total. The Bertz CT molecular complexity index is 1330. The summed E-state index contributed by atoms with van der Waals surface area (Å²) in [6.07, 6.45) is 7.39. The standard InChI is InChI=1S/C28H27N5O/c29-24(21-10-3-1-4-11-21)16-17-30-20-23-14-9-19-32(23)28(34)27-26(22-12-5-2-6-13-22)31-25-15-7-8-18-33(25)27/h1-8,10-13,15-18,23,29-30H,9,14,19-20H2/b17-16-,29-24?/t23-/m0/s1. The monoisotopic (exact) mass is 449 g/mol. The topological polar surface area (TPSA) is 73.5 Å². The van der Waals surface area contributed by atoms with Crippen molar-refractivity contribution in [2.24, 2.45) is 0 Å². The van der Waals surface area contributed by atoms with Crippen LogP contribution in [0.2, 0.25) is 0 Å². The summed E-state index contributed by atoms with van der Waals surface area (Å²) < 4.78 is 1.90. The molecule has 3 heterocycles. The second kappa shape index (κ2) is 9.75. The minimum atomic E-state index is 0.00265. The van der Waals surface area contributed by atoms with Gasteiger partial charge in [0.05, 0.1) is 5.71 Å². The first kappa shape index (κ1) is 21.6. The van der Waals surface area contributed by atoms with Crippen LogP contribution in [0.1, 0.15) is 28.9 Å². The SMILES string of the molecule is N=C(/C=C\NC[C@@H]1CCCN1C(=O)c1c(-c2ccccc2)nc2ccccn12)c1ccccc1. The van der Waals surface area contributed by atoms with E-state index >= 15 is 0 Å². The van der Waals surface area contributed by atoms with Gasteiger partial charge in [0.25, 0.3) is 5.91 Å². The minimum absolute atomic E-state index is 0.00265. The van der Waals surface area contributed by atoms with E-state index in [2.05, 4.69) is 5.32 Å². The van der Waals surface area contributed by atoms with E-state index in [0.717, 1.165) is 36.2 Å². The number of hydrogen-bond acceptors (Lipinski definition) is 4. The maximum Gasteiger partial charge on any atom is 0.273 e. The molecule has 170 valence electrons. The molecular weight excluding hydrogens is 422 g/mol. The van der Waals surface area contributed by atoms with E-state index in [1.807, 2.05) is 94.4 Å². The summed E-state index contributed by atoms with van der Waals surface area (Å²) in [6, 6.07) is 25.4. The number of allylic oxidation sites excluding steroid dienone is 1. The molecule has 0 aliphatic carbocycles. The number of imidazole rings is 1. The lowest BCUT2D eigenvalue weighted by molar-refractivity contribution is 0.0731. The normalized spacial score (nSPS) is 15.8. The van der Waals surface area contributed by atoms with Gasteiger partial charge in [-0.25, -0.2) is 4.98 Å². The molecule has 0 spiro atoms. The highest BCUT2D eigenvalue weighted by Gasteiger charge is 2.32. The van der Waals surface area contributed by atoms with Crippen molar-refractivity contribution >= 4 is 17.3 Å². The number of carbonyl (C=O) groups excluding carboxylic acids is 1. The number of pyridine rings is 1. The predicted octanol–water partition coefficient (Wildman–Crippen LogP) is 4.78. The van der Waals surface area contributed by atoms with Gasteiger partial charge in [-0.2, -0.15) is 0 Å². The first-order chi connectivity index (χ1) is 16.7. The fourth-order valence-electron chi connectivity index (χ4n) is 4.51. The van der Waals surface area contributed by atoms with Gasteiger partial charge in [-0.1, -0.05) is 66.7 Å². The van der Waals surface area contributed by atoms with Crippen LogP contribution in [0, 0.1) is 5.41 Å². The number of nitrogens with one attached hydrogen (secondary N) is 2. The molecule has 0 saturated carbocycles. The Labute approximate surface area is 199 Å². The summed E-state index contributed by atoms with van der Waals surface area (Å²) in [7, 11) is 0. The second-order valence-electron chi connectivity index (χ2n) is 8.42. The lowest BCUT2D eigenvalue weighted by atomic mass is 10.1. The molecule has 0 bridgehead atoms. The number of amides is 1. The van der Waals surface area contributed by atoms with E-state index < -0.39 is 0 Å². The molecule has 2 N–H and O–H groups in total. The van der Waals surface area contributed by atoms with Gasteiger partial charge < -0.3 is 15.6 Å². The van der Waals surface area contributed by atoms with Crippen LogP contribution in [0.4, 0.5) is 0 Å². The molecule has 0 unspecified atom stereocenters. The number of nitrogens with zero attached hydrogens (tertiary/aromatic N) is 3. The summed E-state index contributed by atoms with van der Waals surface area (Å²) in [5, 5.41) is 11.5. The quantitative estimate of drug-likeness (QED) is 0.399. The van der Waals surface area contributed by atoms with Crippen LogP contribution < -0.4 is 5.32 Å². The molecule has 1 atom stereocenters. The number of carbonyl (C=O) groups is 1. The molecule has 4 aromatic rings. The average molecular weight is 450 g/mol. The van der Waals surface area contributed by atoms with Crippen molar-refractivity contribution in [2.45, 2.75) is 18.9 Å². The Morgan fingerprint density at radius 3 is 2.56 bits per heavy atom. The third-order valence-electron chi connectivity index (χ3n) is 6.22. The van der Waals surface area contributed by atoms with Gasteiger partial charge in [-0.15, -0.1) is 0 Å². The Hall–Kier alpha value is -4.19. The van der Waals surface area contributed by atoms with Crippen molar-refractivity contribution in [2.75, 3.05) is 13.1 Å². The van der Waals surface area contributed by atoms with Crippen molar-refractivity contribution in [3.63, 3.8) is 0 Å². The summed E-state index contributed by atoms with van der Waals surface area (Å²) in [6.45, 7) is 1.37. The summed E-state index contributed by atoms with van der Waals surface area (Å²) in [5.41, 5.74) is 4.35. The van der Waals surface area contributed by atoms with E-state index in [1.54, 1.807) is 12.3 Å². The van der Waals surface area contributed by atoms with Crippen LogP contribution in [0.15, 0.2) is 97.3 Å². The van der Waals surface area contributed by atoms with Crippen molar-refractivity contribution in [3.05, 3.63) is 109 Å². The third-order valence-corrected chi connectivity index (χ3v) is 6.22. The number of fused-ring (bicyclic) bond motifs is 1. The van der Waals surface area contributed by atoms with Crippen LogP contribution in [-0.4, -0.2) is 45.0 Å². The predicted molar refractivity (Wildman–Crippen MR) is 135 cm³/mol. The number of aromatic nitrogens is 2. The highest BCUT2D eigenvalue weighted by atomic mass is 16.2. The molecule has 5 rings (SSSR count). The molecule has 0 radical (unpaired) electrons. The van der Waals surface area contributed by atoms with Crippen molar-refractivity contribution in [1.82, 2.24) is 19.6 Å². The first-order valence-electron chi connectivity index (χ1n) is 11.6. The molecule has 2 aromatic heterocycles. The summed E-state index contributed by atoms with van der Waals surface area (Å²) in [5.74, 6) is 0.00265. The van der Waals surface area contributed by atoms with E-state index in [4.69, 9.17) is 10.4 Å². The number of likely N-dealkylation sites (tertiary alicyclic amines) is 1. The maximum atomic E-state index is 13.8. The average Bonchev–Trinajstić information content (AvgIpc) is 3.52. The fourth-order valence-corrected chi connectivity index (χ4v) is 4.51. The zero-order valence-electron chi connectivity index (χ0n) is 18.9. The highest BCUT2D eigenvalue weighted by Crippen LogP contribution is 2.28. The Morgan fingerprint density at radius 1 is 1.03 bits per heavy atom. The van der Waals surface area contributed by atoms with Crippen LogP contribution in [0.3, 0.4) is 0 Å². The van der Waals surface area contributed by atoms with Crippen molar-refractivity contribution in [1.29, 1.82) is 5.41 Å². The smallest absolute Gasteiger partial charge is 0.273 e. The molecule has 1 amide bonds. The van der Waals surface area contributed by atoms with E-state index in [-0.39, 0.29) is 11.9 Å². The van der Waals surface area contributed by atoms with Gasteiger partial charge in [0.1, 0.15) is 17.0 Å². The highest BCUT2D eigenvalue weighted by molar-refractivity contribution is 6.06. The van der Waals surface area contributed by atoms with Crippen LogP contribution in [-0.2, 0) is 0 Å². The van der Waals surface area contributed by atoms with Crippen LogP contribution in [0.5, 0.6) is 0 Å². The van der Waals surface area contributed by atoms with Gasteiger partial charge in [-0.3, -0.25) is 9.20 Å². The maximum absolute atomic E-state index is 13.8. The van der Waals surface area contributed by atoms with E-state index in [0.29, 0.717) is 23.6 Å². The third kappa shape index (κ3) is 4.35. The number of benzene rings is 2. The van der Waals surface area contributed by atoms with Gasteiger partial charge >= 0.3 is 0 Å². The Balaban J connectivity index is 1.34. The van der Waals surface area contributed by atoms with Crippen molar-refractivity contribution in [3.8, 4) is 11.3 Å². The molecule has 1 fully saturated rings. The lowest BCUT2D eigenvalue weighted by Gasteiger charge is -2.25. The fraction of sp³-hybridized carbons (Fsp3) is 0.179. The molecule has 2 aromatic carbocycles. The molecule has 1 aliphatic rings. The Kier molecular flexibility index (Phi) is 6.21. The number of rotatable bonds is 7. The van der Waals surface area contributed by atoms with Gasteiger partial charge in [0, 0.05) is 30.9 Å². The van der Waals surface area contributed by atoms with Gasteiger partial charge in [0.15, 0.2) is 0 Å². The largest absolute Gasteiger partial charge is 0.389 e. The first-order valence-corrected chi connectivity index (χ1v) is 11.6. The van der Waals surface area contributed by atoms with E-state index in [9.17, 15) is 4.79 Å². The summed E-state index contributed by atoms with van der Waals surface area (Å²) in [4.78, 5) is 20.6.